The van der Waals surface area contributed by atoms with Gasteiger partial charge in [-0.25, -0.2) is 12.7 Å². The number of rotatable bonds is 10. The molecule has 2 aromatic rings. The topological polar surface area (TPSA) is 54.5 Å². The molecule has 4 nitrogen and oxygen atoms in total. The van der Waals surface area contributed by atoms with E-state index < -0.39 is 10.0 Å². The lowest BCUT2D eigenvalue weighted by molar-refractivity contribution is -0.124. The lowest BCUT2D eigenvalue weighted by Gasteiger charge is -2.26. The molecule has 1 heterocycles. The van der Waals surface area contributed by atoms with Gasteiger partial charge >= 0.3 is 0 Å². The number of benzene rings is 2. The van der Waals surface area contributed by atoms with Crippen molar-refractivity contribution in [1.82, 2.24) is 4.31 Å². The second kappa shape index (κ2) is 12.4. The largest absolute Gasteiger partial charge is 0.273 e. The molecular formula is C27H35NO3S2. The Kier molecular flexibility index (Phi) is 9.63. The highest BCUT2D eigenvalue weighted by atomic mass is 32.2. The van der Waals surface area contributed by atoms with Crippen LogP contribution in [0.3, 0.4) is 0 Å². The van der Waals surface area contributed by atoms with Crippen molar-refractivity contribution < 1.29 is 13.2 Å². The number of hydrogen-bond donors (Lipinski definition) is 0. The average molecular weight is 486 g/mol. The fourth-order valence-corrected chi connectivity index (χ4v) is 6.67. The van der Waals surface area contributed by atoms with E-state index in [4.69, 9.17) is 0 Å². The van der Waals surface area contributed by atoms with E-state index in [0.29, 0.717) is 11.7 Å². The second-order valence-corrected chi connectivity index (χ2v) is 11.9. The molecule has 2 aromatic carbocycles. The van der Waals surface area contributed by atoms with Gasteiger partial charge in [0, 0.05) is 22.8 Å². The number of unbranched alkanes of at least 4 members (excludes halogenated alkanes) is 5. The van der Waals surface area contributed by atoms with Gasteiger partial charge in [-0.3, -0.25) is 4.79 Å². The Hall–Kier alpha value is -2.05. The highest BCUT2D eigenvalue weighted by Crippen LogP contribution is 2.38. The monoisotopic (exact) mass is 485 g/mol. The van der Waals surface area contributed by atoms with Crippen molar-refractivity contribution in [2.75, 3.05) is 0 Å². The summed E-state index contributed by atoms with van der Waals surface area (Å²) in [5.74, 6) is -0.364. The van der Waals surface area contributed by atoms with Crippen LogP contribution in [0.1, 0.15) is 75.8 Å². The molecular weight excluding hydrogens is 450 g/mol. The first-order chi connectivity index (χ1) is 15.9. The van der Waals surface area contributed by atoms with Crippen molar-refractivity contribution in [2.45, 2.75) is 81.8 Å². The average Bonchev–Trinajstić information content (AvgIpc) is 2.81. The molecule has 0 N–H and O–H groups in total. The maximum absolute atomic E-state index is 13.4. The molecule has 0 radical (unpaired) electrons. The van der Waals surface area contributed by atoms with Crippen molar-refractivity contribution in [3.63, 3.8) is 0 Å². The molecule has 0 aliphatic carbocycles. The Morgan fingerprint density at radius 2 is 1.61 bits per heavy atom. The van der Waals surface area contributed by atoms with Crippen LogP contribution in [-0.4, -0.2) is 23.9 Å². The molecule has 1 aliphatic rings. The van der Waals surface area contributed by atoms with Crippen molar-refractivity contribution in [3.05, 3.63) is 71.9 Å². The summed E-state index contributed by atoms with van der Waals surface area (Å²) in [6.45, 7) is 4.13. The van der Waals surface area contributed by atoms with Gasteiger partial charge in [-0.15, -0.1) is 11.8 Å². The van der Waals surface area contributed by atoms with Crippen LogP contribution < -0.4 is 0 Å². The summed E-state index contributed by atoms with van der Waals surface area (Å²) in [5, 5.41) is 0.302. The zero-order chi connectivity index (χ0) is 23.7. The van der Waals surface area contributed by atoms with Crippen LogP contribution in [0.5, 0.6) is 0 Å². The number of carbonyl (C=O) groups is 1. The first-order valence-electron chi connectivity index (χ1n) is 12.0. The van der Waals surface area contributed by atoms with Crippen LogP contribution in [0.2, 0.25) is 0 Å². The minimum absolute atomic E-state index is 0.138. The molecule has 0 bridgehead atoms. The number of nitrogens with zero attached hydrogens (tertiary/aromatic N) is 1. The van der Waals surface area contributed by atoms with Gasteiger partial charge in [0.2, 0.25) is 5.91 Å². The molecule has 33 heavy (non-hydrogen) atoms. The van der Waals surface area contributed by atoms with Crippen LogP contribution in [0.4, 0.5) is 0 Å². The third kappa shape index (κ3) is 7.21. The summed E-state index contributed by atoms with van der Waals surface area (Å²) in [7, 11) is -3.96. The molecule has 1 atom stereocenters. The van der Waals surface area contributed by atoms with Gasteiger partial charge in [0.1, 0.15) is 0 Å². The van der Waals surface area contributed by atoms with Crippen molar-refractivity contribution in [3.8, 4) is 0 Å². The maximum Gasteiger partial charge on any atom is 0.270 e. The lowest BCUT2D eigenvalue weighted by atomic mass is 10.1. The first kappa shape index (κ1) is 25.6. The van der Waals surface area contributed by atoms with Crippen LogP contribution in [0.25, 0.3) is 4.91 Å². The van der Waals surface area contributed by atoms with Crippen LogP contribution in [0.15, 0.2) is 65.7 Å². The Balaban J connectivity index is 1.85. The fourth-order valence-electron chi connectivity index (χ4n) is 3.97. The minimum Gasteiger partial charge on any atom is -0.273 e. The highest BCUT2D eigenvalue weighted by molar-refractivity contribution is 8.08. The van der Waals surface area contributed by atoms with E-state index >= 15 is 0 Å². The Bertz CT molecular complexity index is 1030. The normalized spacial score (nSPS) is 19.0. The molecule has 1 amide bonds. The lowest BCUT2D eigenvalue weighted by Crippen LogP contribution is -2.34. The number of carbonyl (C=O) groups excluding carboxylic acids is 1. The zero-order valence-corrected chi connectivity index (χ0v) is 21.3. The molecule has 1 aliphatic heterocycles. The summed E-state index contributed by atoms with van der Waals surface area (Å²) in [6, 6.07) is 16.4. The number of sulfonamides is 1. The van der Waals surface area contributed by atoms with Gasteiger partial charge in [0.15, 0.2) is 0 Å². The van der Waals surface area contributed by atoms with Gasteiger partial charge in [-0.05, 0) is 37.5 Å². The van der Waals surface area contributed by atoms with Crippen molar-refractivity contribution in [1.29, 1.82) is 0 Å². The molecule has 0 saturated carbocycles. The van der Waals surface area contributed by atoms with E-state index in [1.54, 1.807) is 42.2 Å². The summed E-state index contributed by atoms with van der Waals surface area (Å²) >= 11 is 1.71. The van der Waals surface area contributed by atoms with Gasteiger partial charge < -0.3 is 0 Å². The van der Waals surface area contributed by atoms with Crippen LogP contribution in [0, 0.1) is 6.92 Å². The summed E-state index contributed by atoms with van der Waals surface area (Å²) in [5.41, 5.74) is 1.91. The number of hydrogen-bond acceptors (Lipinski definition) is 4. The quantitative estimate of drug-likeness (QED) is 0.335. The van der Waals surface area contributed by atoms with Gasteiger partial charge in [-0.1, -0.05) is 93.5 Å². The van der Waals surface area contributed by atoms with Gasteiger partial charge in [0.25, 0.3) is 10.0 Å². The maximum atomic E-state index is 13.4. The third-order valence-corrected chi connectivity index (χ3v) is 9.06. The molecule has 0 saturated heterocycles. The predicted molar refractivity (Wildman–Crippen MR) is 138 cm³/mol. The summed E-state index contributed by atoms with van der Waals surface area (Å²) < 4.78 is 27.7. The Morgan fingerprint density at radius 1 is 0.939 bits per heavy atom. The van der Waals surface area contributed by atoms with Gasteiger partial charge in [-0.2, -0.15) is 0 Å². The number of aryl methyl sites for hydroxylation is 1. The van der Waals surface area contributed by atoms with E-state index in [0.717, 1.165) is 33.2 Å². The van der Waals surface area contributed by atoms with E-state index in [2.05, 4.69) is 6.92 Å². The molecule has 0 aromatic heterocycles. The molecule has 3 rings (SSSR count). The minimum atomic E-state index is -3.96. The smallest absolute Gasteiger partial charge is 0.270 e. The third-order valence-electron chi connectivity index (χ3n) is 5.97. The number of thioether (sulfide) groups is 1. The highest BCUT2D eigenvalue weighted by Gasteiger charge is 2.31. The second-order valence-electron chi connectivity index (χ2n) is 8.70. The van der Waals surface area contributed by atoms with Gasteiger partial charge in [0.05, 0.1) is 4.90 Å². The van der Waals surface area contributed by atoms with Crippen molar-refractivity contribution >= 4 is 32.6 Å². The molecule has 0 fully saturated rings. The van der Waals surface area contributed by atoms with E-state index in [1.165, 1.54) is 32.1 Å². The first-order valence-corrected chi connectivity index (χ1v) is 14.3. The Morgan fingerprint density at radius 3 is 2.30 bits per heavy atom. The van der Waals surface area contributed by atoms with Crippen LogP contribution in [-0.2, 0) is 14.8 Å². The standard InChI is InChI=1S/C27H35NO3S2/c1-3-4-5-6-7-11-14-24-17-20-27(29)28(21-26(32-24)23-12-9-8-10-13-23)33(30,31)25-18-15-22(2)16-19-25/h8-10,12-13,15-16,18-19,21,24H,3-7,11,14,17,20H2,1-2H3/b26-21-. The van der Waals surface area contributed by atoms with E-state index in [-0.39, 0.29) is 17.2 Å². The van der Waals surface area contributed by atoms with E-state index in [1.807, 2.05) is 37.3 Å². The van der Waals surface area contributed by atoms with Crippen molar-refractivity contribution in [2.24, 2.45) is 0 Å². The summed E-state index contributed by atoms with van der Waals surface area (Å²) in [4.78, 5) is 14.1. The molecule has 1 unspecified atom stereocenters. The van der Waals surface area contributed by atoms with Crippen LogP contribution >= 0.6 is 11.8 Å². The zero-order valence-electron chi connectivity index (χ0n) is 19.7. The fraction of sp³-hybridized carbons (Fsp3) is 0.444. The molecule has 0 spiro atoms. The molecule has 6 heteroatoms. The Labute approximate surface area is 203 Å². The number of amides is 1. The van der Waals surface area contributed by atoms with E-state index in [9.17, 15) is 13.2 Å². The summed E-state index contributed by atoms with van der Waals surface area (Å²) in [6.07, 6.45) is 10.9. The predicted octanol–water partition coefficient (Wildman–Crippen LogP) is 7.16. The molecule has 178 valence electrons. The SMILES string of the molecule is CCCCCCCCC1CCC(=O)N(S(=O)(=O)c2ccc(C)cc2)/C=C(/c2ccccc2)S1.